The summed E-state index contributed by atoms with van der Waals surface area (Å²) in [6, 6.07) is 0. The highest BCUT2D eigenvalue weighted by Gasteiger charge is 2.19. The minimum atomic E-state index is -0.814. The van der Waals surface area contributed by atoms with Gasteiger partial charge in [-0.15, -0.1) is 0 Å². The summed E-state index contributed by atoms with van der Waals surface area (Å²) in [5, 5.41) is 0. The minimum Gasteiger partial charge on any atom is -0.462 e. The molecule has 81 heavy (non-hydrogen) atoms. The highest BCUT2D eigenvalue weighted by molar-refractivity contribution is 5.71. The van der Waals surface area contributed by atoms with Crippen molar-refractivity contribution < 1.29 is 28.6 Å². The van der Waals surface area contributed by atoms with Gasteiger partial charge in [0.05, 0.1) is 0 Å². The van der Waals surface area contributed by atoms with Crippen LogP contribution in [0.3, 0.4) is 0 Å². The van der Waals surface area contributed by atoms with Crippen LogP contribution >= 0.6 is 0 Å². The molecule has 0 aliphatic carbocycles. The van der Waals surface area contributed by atoms with E-state index in [-0.39, 0.29) is 37.5 Å². The van der Waals surface area contributed by atoms with Crippen LogP contribution in [0.5, 0.6) is 0 Å². The standard InChI is InChI=1S/C75H122O6/c1-4-7-10-13-16-19-22-25-28-30-32-33-34-35-36-37-38-39-40-41-43-44-47-50-53-56-59-62-65-68-74(77)80-71-72(70-79-73(76)67-64-61-58-55-52-49-46-27-24-21-18-15-12-9-6-3)81-75(78)69-66-63-60-57-54-51-48-45-42-31-29-26-23-20-17-14-11-8-5-2/h7,9-10,12,16,18-19,21,25,27-28,32-33,35-36,38-39,41,43,46-47,50,56,59,72H,4-6,8,11,13-15,17,20,22-24,26,29-31,34,37,40,42,44-45,48-49,51-55,57-58,60-71H2,1-3H3/b10-7-,12-9-,19-16-,21-18-,28-25-,33-32-,36-35-,39-38-,43-41-,46-27-,50-47-,59-56-. The number of esters is 3. The summed E-state index contributed by atoms with van der Waals surface area (Å²) in [5.41, 5.74) is 0. The van der Waals surface area contributed by atoms with Crippen molar-refractivity contribution in [3.63, 3.8) is 0 Å². The smallest absolute Gasteiger partial charge is 0.306 e. The van der Waals surface area contributed by atoms with Crippen molar-refractivity contribution in [3.05, 3.63) is 146 Å². The number of rotatable bonds is 59. The summed E-state index contributed by atoms with van der Waals surface area (Å²) < 4.78 is 16.9. The van der Waals surface area contributed by atoms with Crippen LogP contribution in [0.15, 0.2) is 146 Å². The first kappa shape index (κ1) is 76.3. The monoisotopic (exact) mass is 1120 g/mol. The highest BCUT2D eigenvalue weighted by Crippen LogP contribution is 2.16. The van der Waals surface area contributed by atoms with E-state index in [1.807, 2.05) is 0 Å². The zero-order chi connectivity index (χ0) is 58.5. The summed E-state index contributed by atoms with van der Waals surface area (Å²) in [5.74, 6) is -0.980. The molecule has 0 bridgehead atoms. The Morgan fingerprint density at radius 3 is 0.802 bits per heavy atom. The van der Waals surface area contributed by atoms with Crippen molar-refractivity contribution in [2.45, 2.75) is 297 Å². The van der Waals surface area contributed by atoms with E-state index in [2.05, 4.69) is 167 Å². The number of allylic oxidation sites excluding steroid dienone is 24. The topological polar surface area (TPSA) is 78.9 Å². The molecular weight excluding hydrogens is 997 g/mol. The van der Waals surface area contributed by atoms with Crippen LogP contribution in [0.1, 0.15) is 290 Å². The van der Waals surface area contributed by atoms with Crippen molar-refractivity contribution >= 4 is 17.9 Å². The number of carbonyl (C=O) groups excluding carboxylic acids is 3. The fraction of sp³-hybridized carbons (Fsp3) is 0.640. The lowest BCUT2D eigenvalue weighted by Crippen LogP contribution is -2.30. The Morgan fingerprint density at radius 2 is 0.494 bits per heavy atom. The second-order valence-corrected chi connectivity index (χ2v) is 21.6. The van der Waals surface area contributed by atoms with Gasteiger partial charge in [0.15, 0.2) is 6.10 Å². The lowest BCUT2D eigenvalue weighted by molar-refractivity contribution is -0.167. The Bertz CT molecular complexity index is 1760. The zero-order valence-electron chi connectivity index (χ0n) is 52.5. The van der Waals surface area contributed by atoms with E-state index in [0.717, 1.165) is 141 Å². The maximum Gasteiger partial charge on any atom is 0.306 e. The van der Waals surface area contributed by atoms with Gasteiger partial charge < -0.3 is 14.2 Å². The normalized spacial score (nSPS) is 13.1. The van der Waals surface area contributed by atoms with Gasteiger partial charge in [-0.2, -0.15) is 0 Å². The minimum absolute atomic E-state index is 0.108. The lowest BCUT2D eigenvalue weighted by Gasteiger charge is -2.18. The van der Waals surface area contributed by atoms with Crippen molar-refractivity contribution in [1.29, 1.82) is 0 Å². The number of carbonyl (C=O) groups is 3. The van der Waals surface area contributed by atoms with E-state index < -0.39 is 6.10 Å². The first-order valence-electron chi connectivity index (χ1n) is 33.3. The molecule has 0 amide bonds. The van der Waals surface area contributed by atoms with Crippen LogP contribution in [0.2, 0.25) is 0 Å². The van der Waals surface area contributed by atoms with Crippen molar-refractivity contribution in [2.24, 2.45) is 0 Å². The fourth-order valence-electron chi connectivity index (χ4n) is 8.93. The highest BCUT2D eigenvalue weighted by atomic mass is 16.6. The molecule has 0 aromatic heterocycles. The van der Waals surface area contributed by atoms with Crippen molar-refractivity contribution in [2.75, 3.05) is 13.2 Å². The Morgan fingerprint density at radius 1 is 0.259 bits per heavy atom. The average Bonchev–Trinajstić information content (AvgIpc) is 3.47. The maximum atomic E-state index is 12.9. The Labute approximate surface area is 499 Å². The summed E-state index contributed by atoms with van der Waals surface area (Å²) in [6.45, 7) is 6.37. The predicted molar refractivity (Wildman–Crippen MR) is 352 cm³/mol. The first-order valence-corrected chi connectivity index (χ1v) is 33.3. The molecule has 0 heterocycles. The van der Waals surface area contributed by atoms with Crippen LogP contribution in [0, 0.1) is 0 Å². The second-order valence-electron chi connectivity index (χ2n) is 21.6. The summed E-state index contributed by atoms with van der Waals surface area (Å²) in [4.78, 5) is 38.3. The molecule has 0 saturated carbocycles. The van der Waals surface area contributed by atoms with Gasteiger partial charge in [-0.25, -0.2) is 0 Å². The quantitative estimate of drug-likeness (QED) is 0.0261. The van der Waals surface area contributed by atoms with Gasteiger partial charge in [-0.05, 0) is 116 Å². The van der Waals surface area contributed by atoms with E-state index >= 15 is 0 Å². The summed E-state index contributed by atoms with van der Waals surface area (Å²) in [6.07, 6.45) is 97.2. The van der Waals surface area contributed by atoms with E-state index in [4.69, 9.17) is 14.2 Å². The third-order valence-corrected chi connectivity index (χ3v) is 13.8. The van der Waals surface area contributed by atoms with Gasteiger partial charge in [0.25, 0.3) is 0 Å². The third kappa shape index (κ3) is 66.0. The zero-order valence-corrected chi connectivity index (χ0v) is 52.5. The number of ether oxygens (including phenoxy) is 3. The van der Waals surface area contributed by atoms with Crippen LogP contribution in [-0.4, -0.2) is 37.2 Å². The molecule has 0 aromatic rings. The number of hydrogen-bond acceptors (Lipinski definition) is 6. The van der Waals surface area contributed by atoms with Gasteiger partial charge in [-0.3, -0.25) is 14.4 Å². The van der Waals surface area contributed by atoms with Gasteiger partial charge >= 0.3 is 17.9 Å². The molecule has 0 saturated heterocycles. The molecule has 6 heteroatoms. The fourth-order valence-corrected chi connectivity index (χ4v) is 8.93. The van der Waals surface area contributed by atoms with E-state index in [1.165, 1.54) is 103 Å². The Kier molecular flexibility index (Phi) is 63.9. The summed E-state index contributed by atoms with van der Waals surface area (Å²) >= 11 is 0. The molecule has 1 unspecified atom stereocenters. The summed E-state index contributed by atoms with van der Waals surface area (Å²) in [7, 11) is 0. The van der Waals surface area contributed by atoms with Crippen LogP contribution < -0.4 is 0 Å². The van der Waals surface area contributed by atoms with Crippen LogP contribution in [0.25, 0.3) is 0 Å². The second kappa shape index (κ2) is 67.8. The molecular formula is C75H122O6. The molecule has 0 aliphatic heterocycles. The first-order chi connectivity index (χ1) is 40.0. The lowest BCUT2D eigenvalue weighted by atomic mass is 10.0. The molecule has 1 atom stereocenters. The average molecular weight is 1120 g/mol. The number of hydrogen-bond donors (Lipinski definition) is 0. The Balaban J connectivity index is 4.47. The molecule has 0 N–H and O–H groups in total. The van der Waals surface area contributed by atoms with Crippen molar-refractivity contribution in [3.8, 4) is 0 Å². The van der Waals surface area contributed by atoms with E-state index in [0.29, 0.717) is 19.3 Å². The van der Waals surface area contributed by atoms with E-state index in [9.17, 15) is 14.4 Å². The number of unbranched alkanes of at least 4 members (excludes halogenated alkanes) is 24. The molecule has 6 nitrogen and oxygen atoms in total. The van der Waals surface area contributed by atoms with Gasteiger partial charge in [0.1, 0.15) is 13.2 Å². The molecule has 0 rings (SSSR count). The van der Waals surface area contributed by atoms with Gasteiger partial charge in [-0.1, -0.05) is 301 Å². The van der Waals surface area contributed by atoms with E-state index in [1.54, 1.807) is 0 Å². The molecule has 0 spiro atoms. The predicted octanol–water partition coefficient (Wildman–Crippen LogP) is 23.1. The molecule has 0 fully saturated rings. The third-order valence-electron chi connectivity index (χ3n) is 13.8. The molecule has 458 valence electrons. The van der Waals surface area contributed by atoms with Crippen molar-refractivity contribution in [1.82, 2.24) is 0 Å². The molecule has 0 aromatic carbocycles. The maximum absolute atomic E-state index is 12.9. The van der Waals surface area contributed by atoms with Crippen LogP contribution in [-0.2, 0) is 28.6 Å². The van der Waals surface area contributed by atoms with Crippen LogP contribution in [0.4, 0.5) is 0 Å². The SMILES string of the molecule is CC/C=C\C/C=C\C/C=C\C/C=C\C/C=C\C/C=C\C/C=C\C/C=C\C/C=C\CCCC(=O)OCC(COC(=O)CCCCCCC/C=C\C/C=C\C/C=C\CC)OC(=O)CCCCCCCCCCCCCCCCCCCCC. The molecule has 0 aliphatic rings. The largest absolute Gasteiger partial charge is 0.462 e. The van der Waals surface area contributed by atoms with Gasteiger partial charge in [0, 0.05) is 19.3 Å². The Hall–Kier alpha value is -4.71. The molecule has 0 radical (unpaired) electrons. The van der Waals surface area contributed by atoms with Gasteiger partial charge in [0.2, 0.25) is 0 Å².